The molecule has 0 amide bonds. The summed E-state index contributed by atoms with van der Waals surface area (Å²) >= 11 is 0. The first kappa shape index (κ1) is 12.5. The number of carbonyl (C=O) groups is 1. The number of carboxylic acid groups (broad SMARTS) is 1. The van der Waals surface area contributed by atoms with Gasteiger partial charge in [0.1, 0.15) is 0 Å². The normalized spacial score (nSPS) is 33.7. The molecule has 1 aliphatic rings. The number of rotatable bonds is 4. The summed E-state index contributed by atoms with van der Waals surface area (Å²) in [7, 11) is 0. The highest BCUT2D eigenvalue weighted by atomic mass is 16.5. The van der Waals surface area contributed by atoms with Gasteiger partial charge in [-0.2, -0.15) is 0 Å². The second-order valence-electron chi connectivity index (χ2n) is 4.58. The molecule has 1 saturated heterocycles. The lowest BCUT2D eigenvalue weighted by atomic mass is 9.69. The summed E-state index contributed by atoms with van der Waals surface area (Å²) in [6.07, 6.45) is 2.62. The van der Waals surface area contributed by atoms with Gasteiger partial charge in [0.2, 0.25) is 0 Å². The predicted octanol–water partition coefficient (Wildman–Crippen LogP) is 1.38. The largest absolute Gasteiger partial charge is 0.481 e. The second-order valence-corrected chi connectivity index (χ2v) is 4.58. The van der Waals surface area contributed by atoms with E-state index in [0.717, 1.165) is 19.3 Å². The van der Waals surface area contributed by atoms with Gasteiger partial charge in [-0.05, 0) is 26.2 Å². The maximum atomic E-state index is 10.9. The van der Waals surface area contributed by atoms with Crippen LogP contribution in [0.4, 0.5) is 0 Å². The van der Waals surface area contributed by atoms with E-state index in [1.165, 1.54) is 0 Å². The topological polar surface area (TPSA) is 72.6 Å². The van der Waals surface area contributed by atoms with Gasteiger partial charge >= 0.3 is 5.97 Å². The first-order valence-electron chi connectivity index (χ1n) is 5.59. The molecule has 3 atom stereocenters. The van der Waals surface area contributed by atoms with Gasteiger partial charge < -0.3 is 15.6 Å². The number of hydrogen-bond acceptors (Lipinski definition) is 3. The van der Waals surface area contributed by atoms with Gasteiger partial charge in [0, 0.05) is 18.1 Å². The van der Waals surface area contributed by atoms with Gasteiger partial charge in [0.05, 0.1) is 12.5 Å². The molecule has 4 nitrogen and oxygen atoms in total. The van der Waals surface area contributed by atoms with E-state index >= 15 is 0 Å². The van der Waals surface area contributed by atoms with Gasteiger partial charge in [0.15, 0.2) is 0 Å². The highest BCUT2D eigenvalue weighted by Gasteiger charge is 2.41. The molecule has 0 aromatic heterocycles. The van der Waals surface area contributed by atoms with Crippen molar-refractivity contribution in [2.45, 2.75) is 51.7 Å². The van der Waals surface area contributed by atoms with Crippen molar-refractivity contribution in [3.63, 3.8) is 0 Å². The fourth-order valence-electron chi connectivity index (χ4n) is 2.56. The molecule has 4 heteroatoms. The van der Waals surface area contributed by atoms with E-state index in [1.807, 2.05) is 13.8 Å². The molecule has 88 valence electrons. The molecule has 0 aromatic carbocycles. The zero-order valence-corrected chi connectivity index (χ0v) is 9.53. The maximum Gasteiger partial charge on any atom is 0.303 e. The molecule has 1 aliphatic heterocycles. The maximum absolute atomic E-state index is 10.9. The monoisotopic (exact) mass is 215 g/mol. The van der Waals surface area contributed by atoms with Gasteiger partial charge in [-0.15, -0.1) is 0 Å². The summed E-state index contributed by atoms with van der Waals surface area (Å²) in [5, 5.41) is 8.97. The number of nitrogens with two attached hydrogens (primary N) is 1. The molecule has 1 heterocycles. The average molecular weight is 215 g/mol. The molecular formula is C11H21NO3. The van der Waals surface area contributed by atoms with E-state index in [2.05, 4.69) is 0 Å². The lowest BCUT2D eigenvalue weighted by Gasteiger charge is -2.43. The summed E-state index contributed by atoms with van der Waals surface area (Å²) in [5.74, 6) is -0.756. The number of ether oxygens (including phenoxy) is 1. The molecular weight excluding hydrogens is 194 g/mol. The zero-order chi connectivity index (χ0) is 11.5. The summed E-state index contributed by atoms with van der Waals surface area (Å²) in [6, 6.07) is -0.0417. The Morgan fingerprint density at radius 3 is 2.87 bits per heavy atom. The van der Waals surface area contributed by atoms with Crippen LogP contribution in [0.3, 0.4) is 0 Å². The number of aliphatic carboxylic acids is 1. The summed E-state index contributed by atoms with van der Waals surface area (Å²) in [4.78, 5) is 10.9. The Balaban J connectivity index is 2.79. The molecule has 0 saturated carbocycles. The van der Waals surface area contributed by atoms with Crippen molar-refractivity contribution in [2.24, 2.45) is 11.1 Å². The van der Waals surface area contributed by atoms with Gasteiger partial charge in [-0.25, -0.2) is 0 Å². The third kappa shape index (κ3) is 2.92. The average Bonchev–Trinajstić information content (AvgIpc) is 2.15. The van der Waals surface area contributed by atoms with Crippen molar-refractivity contribution in [1.29, 1.82) is 0 Å². The minimum absolute atomic E-state index is 0.0417. The van der Waals surface area contributed by atoms with Crippen molar-refractivity contribution < 1.29 is 14.6 Å². The van der Waals surface area contributed by atoms with E-state index in [0.29, 0.717) is 6.61 Å². The van der Waals surface area contributed by atoms with Crippen molar-refractivity contribution >= 4 is 5.97 Å². The van der Waals surface area contributed by atoms with Crippen LogP contribution in [-0.4, -0.2) is 29.8 Å². The fourth-order valence-corrected chi connectivity index (χ4v) is 2.56. The second kappa shape index (κ2) is 4.94. The summed E-state index contributed by atoms with van der Waals surface area (Å²) < 4.78 is 5.46. The van der Waals surface area contributed by atoms with Crippen LogP contribution in [0.1, 0.15) is 39.5 Å². The van der Waals surface area contributed by atoms with E-state index in [9.17, 15) is 4.79 Å². The molecule has 3 N–H and O–H groups in total. The lowest BCUT2D eigenvalue weighted by molar-refractivity contribution is -0.143. The van der Waals surface area contributed by atoms with Gasteiger partial charge in [0.25, 0.3) is 0 Å². The first-order chi connectivity index (χ1) is 7.00. The molecule has 0 bridgehead atoms. The molecule has 0 spiro atoms. The highest BCUT2D eigenvalue weighted by Crippen LogP contribution is 2.40. The van der Waals surface area contributed by atoms with Crippen LogP contribution < -0.4 is 5.73 Å². The smallest absolute Gasteiger partial charge is 0.303 e. The Morgan fingerprint density at radius 1 is 1.73 bits per heavy atom. The molecule has 0 aromatic rings. The van der Waals surface area contributed by atoms with E-state index in [-0.39, 0.29) is 24.0 Å². The molecule has 15 heavy (non-hydrogen) atoms. The van der Waals surface area contributed by atoms with Crippen LogP contribution in [0.25, 0.3) is 0 Å². The standard InChI is InChI=1S/C11H21NO3/c1-3-9(12)11(7-10(13)14)4-5-15-8(2)6-11/h8-9H,3-7,12H2,1-2H3,(H,13,14). The Bertz CT molecular complexity index is 232. The third-order valence-electron chi connectivity index (χ3n) is 3.43. The van der Waals surface area contributed by atoms with Gasteiger partial charge in [-0.3, -0.25) is 4.79 Å². The Labute approximate surface area is 90.8 Å². The van der Waals surface area contributed by atoms with Crippen LogP contribution in [0.15, 0.2) is 0 Å². The van der Waals surface area contributed by atoms with Crippen LogP contribution >= 0.6 is 0 Å². The van der Waals surface area contributed by atoms with E-state index < -0.39 is 5.97 Å². The molecule has 0 radical (unpaired) electrons. The van der Waals surface area contributed by atoms with Crippen molar-refractivity contribution in [2.75, 3.05) is 6.61 Å². The Hall–Kier alpha value is -0.610. The summed E-state index contributed by atoms with van der Waals surface area (Å²) in [5.41, 5.74) is 5.81. The quantitative estimate of drug-likeness (QED) is 0.743. The number of carboxylic acids is 1. The minimum Gasteiger partial charge on any atom is -0.481 e. The van der Waals surface area contributed by atoms with Crippen LogP contribution in [0, 0.1) is 5.41 Å². The van der Waals surface area contributed by atoms with Crippen molar-refractivity contribution in [3.05, 3.63) is 0 Å². The molecule has 1 fully saturated rings. The Kier molecular flexibility index (Phi) is 4.11. The first-order valence-corrected chi connectivity index (χ1v) is 5.59. The number of hydrogen-bond donors (Lipinski definition) is 2. The Morgan fingerprint density at radius 2 is 2.40 bits per heavy atom. The SMILES string of the molecule is CCC(N)C1(CC(=O)O)CCOC(C)C1. The van der Waals surface area contributed by atoms with E-state index in [1.54, 1.807) is 0 Å². The van der Waals surface area contributed by atoms with Gasteiger partial charge in [-0.1, -0.05) is 6.92 Å². The highest BCUT2D eigenvalue weighted by molar-refractivity contribution is 5.67. The van der Waals surface area contributed by atoms with Crippen molar-refractivity contribution in [1.82, 2.24) is 0 Å². The van der Waals surface area contributed by atoms with E-state index in [4.69, 9.17) is 15.6 Å². The van der Waals surface area contributed by atoms with Crippen molar-refractivity contribution in [3.8, 4) is 0 Å². The molecule has 0 aliphatic carbocycles. The minimum atomic E-state index is -0.756. The van der Waals surface area contributed by atoms with Crippen LogP contribution in [0.2, 0.25) is 0 Å². The molecule has 1 rings (SSSR count). The molecule has 3 unspecified atom stereocenters. The van der Waals surface area contributed by atoms with Crippen LogP contribution in [-0.2, 0) is 9.53 Å². The van der Waals surface area contributed by atoms with Crippen LogP contribution in [0.5, 0.6) is 0 Å². The lowest BCUT2D eigenvalue weighted by Crippen LogP contribution is -2.48. The fraction of sp³-hybridized carbons (Fsp3) is 0.909. The predicted molar refractivity (Wildman–Crippen MR) is 57.6 cm³/mol. The third-order valence-corrected chi connectivity index (χ3v) is 3.43. The zero-order valence-electron chi connectivity index (χ0n) is 9.53. The summed E-state index contributed by atoms with van der Waals surface area (Å²) in [6.45, 7) is 4.62.